The van der Waals surface area contributed by atoms with Crippen molar-refractivity contribution in [3.8, 4) is 5.75 Å². The number of carbonyl (C=O) groups is 2. The number of benzene rings is 2. The number of nitrogens with zero attached hydrogens (tertiary/aromatic N) is 1. The second-order valence-corrected chi connectivity index (χ2v) is 9.20. The first-order valence-corrected chi connectivity index (χ1v) is 11.1. The van der Waals surface area contributed by atoms with E-state index in [4.69, 9.17) is 4.74 Å². The van der Waals surface area contributed by atoms with Crippen molar-refractivity contribution in [2.75, 3.05) is 18.0 Å². The third kappa shape index (κ3) is 5.16. The third-order valence-corrected chi connectivity index (χ3v) is 7.19. The van der Waals surface area contributed by atoms with Gasteiger partial charge in [-0.05, 0) is 47.8 Å². The number of hydrazine groups is 1. The summed E-state index contributed by atoms with van der Waals surface area (Å²) in [6.45, 7) is -0.322. The van der Waals surface area contributed by atoms with Gasteiger partial charge in [-0.25, -0.2) is 8.42 Å². The molecular weight excluding hydrogens is 426 g/mol. The highest BCUT2D eigenvalue weighted by Crippen LogP contribution is 2.26. The van der Waals surface area contributed by atoms with Crippen LogP contribution in [0.3, 0.4) is 0 Å². The maximum atomic E-state index is 12.5. The van der Waals surface area contributed by atoms with Gasteiger partial charge in [0.15, 0.2) is 6.61 Å². The normalized spacial score (nSPS) is 10.8. The fourth-order valence-electron chi connectivity index (χ4n) is 2.41. The van der Waals surface area contributed by atoms with Crippen LogP contribution in [0.2, 0.25) is 0 Å². The van der Waals surface area contributed by atoms with Crippen LogP contribution in [-0.2, 0) is 14.8 Å². The first-order chi connectivity index (χ1) is 14.4. The fraction of sp³-hybridized carbons (Fsp3) is 0.100. The Labute approximate surface area is 178 Å². The molecule has 0 radical (unpaired) electrons. The molecule has 10 heteroatoms. The van der Waals surface area contributed by atoms with E-state index in [1.54, 1.807) is 72.1 Å². The van der Waals surface area contributed by atoms with Crippen molar-refractivity contribution >= 4 is 38.9 Å². The van der Waals surface area contributed by atoms with Crippen LogP contribution in [0.5, 0.6) is 5.75 Å². The summed E-state index contributed by atoms with van der Waals surface area (Å²) in [5.74, 6) is -0.603. The number of amides is 2. The quantitative estimate of drug-likeness (QED) is 0.544. The minimum atomic E-state index is -3.62. The van der Waals surface area contributed by atoms with Gasteiger partial charge in [0.25, 0.3) is 21.8 Å². The molecule has 2 N–H and O–H groups in total. The number of hydrogen-bond donors (Lipinski definition) is 2. The van der Waals surface area contributed by atoms with E-state index in [0.717, 1.165) is 11.3 Å². The van der Waals surface area contributed by atoms with Gasteiger partial charge in [-0.1, -0.05) is 24.3 Å². The van der Waals surface area contributed by atoms with Crippen molar-refractivity contribution in [2.45, 2.75) is 4.21 Å². The Hall–Kier alpha value is -3.37. The molecular formula is C20H19N3O5S2. The summed E-state index contributed by atoms with van der Waals surface area (Å²) in [5.41, 5.74) is 5.43. The number of nitrogens with one attached hydrogen (secondary N) is 2. The topological polar surface area (TPSA) is 105 Å². The average Bonchev–Trinajstić information content (AvgIpc) is 3.32. The Bertz CT molecular complexity index is 1100. The molecule has 1 heterocycles. The molecule has 0 aliphatic carbocycles. The van der Waals surface area contributed by atoms with E-state index in [1.807, 2.05) is 0 Å². The molecule has 0 saturated carbocycles. The zero-order chi connectivity index (χ0) is 21.6. The number of rotatable bonds is 7. The predicted molar refractivity (Wildman–Crippen MR) is 114 cm³/mol. The Morgan fingerprint density at radius 1 is 0.967 bits per heavy atom. The highest BCUT2D eigenvalue weighted by atomic mass is 32.2. The Kier molecular flexibility index (Phi) is 6.70. The van der Waals surface area contributed by atoms with E-state index in [0.29, 0.717) is 17.0 Å². The molecule has 0 bridgehead atoms. The summed E-state index contributed by atoms with van der Waals surface area (Å²) in [7, 11) is -2.15. The second kappa shape index (κ2) is 9.42. The fourth-order valence-corrected chi connectivity index (χ4v) is 4.77. The Balaban J connectivity index is 1.51. The number of carbonyl (C=O) groups excluding carboxylic acids is 2. The summed E-state index contributed by atoms with van der Waals surface area (Å²) in [6, 6.07) is 18.0. The summed E-state index contributed by atoms with van der Waals surface area (Å²) in [6.07, 6.45) is 0. The van der Waals surface area contributed by atoms with Crippen molar-refractivity contribution in [3.63, 3.8) is 0 Å². The van der Waals surface area contributed by atoms with Crippen molar-refractivity contribution in [3.05, 3.63) is 77.7 Å². The zero-order valence-corrected chi connectivity index (χ0v) is 17.6. The van der Waals surface area contributed by atoms with Crippen molar-refractivity contribution in [2.24, 2.45) is 0 Å². The Morgan fingerprint density at radius 2 is 1.67 bits per heavy atom. The summed E-state index contributed by atoms with van der Waals surface area (Å²) in [5, 5.41) is 1.70. The smallest absolute Gasteiger partial charge is 0.276 e. The molecule has 0 unspecified atom stereocenters. The molecule has 0 atom stereocenters. The van der Waals surface area contributed by atoms with Crippen LogP contribution in [-0.4, -0.2) is 33.9 Å². The van der Waals surface area contributed by atoms with Crippen molar-refractivity contribution in [1.82, 2.24) is 10.9 Å². The number of thiophene rings is 1. The third-order valence-electron chi connectivity index (χ3n) is 4.03. The number of sulfonamides is 1. The van der Waals surface area contributed by atoms with E-state index in [-0.39, 0.29) is 10.8 Å². The number of ether oxygens (including phenoxy) is 1. The van der Waals surface area contributed by atoms with Crippen LogP contribution < -0.4 is 19.9 Å². The SMILES string of the molecule is CN(c1ccc(OCC(=O)NNC(=O)c2ccccc2)cc1)S(=O)(=O)c1cccs1. The summed E-state index contributed by atoms with van der Waals surface area (Å²) in [4.78, 5) is 23.7. The molecule has 0 saturated heterocycles. The number of hydrogen-bond acceptors (Lipinski definition) is 6. The predicted octanol–water partition coefficient (Wildman–Crippen LogP) is 2.41. The Morgan fingerprint density at radius 3 is 2.30 bits per heavy atom. The molecule has 8 nitrogen and oxygen atoms in total. The van der Waals surface area contributed by atoms with Gasteiger partial charge in [-0.15, -0.1) is 11.3 Å². The van der Waals surface area contributed by atoms with E-state index >= 15 is 0 Å². The first-order valence-electron chi connectivity index (χ1n) is 8.77. The van der Waals surface area contributed by atoms with Crippen LogP contribution in [0.1, 0.15) is 10.4 Å². The average molecular weight is 446 g/mol. The molecule has 3 aromatic rings. The van der Waals surface area contributed by atoms with Gasteiger partial charge in [0.1, 0.15) is 9.96 Å². The van der Waals surface area contributed by atoms with Crippen LogP contribution in [0.15, 0.2) is 76.3 Å². The van der Waals surface area contributed by atoms with Gasteiger partial charge < -0.3 is 4.74 Å². The maximum Gasteiger partial charge on any atom is 0.276 e. The lowest BCUT2D eigenvalue weighted by molar-refractivity contribution is -0.123. The van der Waals surface area contributed by atoms with Gasteiger partial charge in [0.2, 0.25) is 0 Å². The lowest BCUT2D eigenvalue weighted by atomic mass is 10.2. The van der Waals surface area contributed by atoms with Crippen LogP contribution in [0.4, 0.5) is 5.69 Å². The maximum absolute atomic E-state index is 12.5. The largest absolute Gasteiger partial charge is 0.484 e. The van der Waals surface area contributed by atoms with Gasteiger partial charge in [-0.2, -0.15) is 0 Å². The number of anilines is 1. The van der Waals surface area contributed by atoms with Crippen LogP contribution in [0, 0.1) is 0 Å². The first kappa shape index (κ1) is 21.3. The second-order valence-electron chi connectivity index (χ2n) is 6.06. The molecule has 0 fully saturated rings. The molecule has 156 valence electrons. The van der Waals surface area contributed by atoms with Gasteiger partial charge in [0.05, 0.1) is 5.69 Å². The van der Waals surface area contributed by atoms with Crippen LogP contribution in [0.25, 0.3) is 0 Å². The highest BCUT2D eigenvalue weighted by Gasteiger charge is 2.22. The molecule has 2 aromatic carbocycles. The summed E-state index contributed by atoms with van der Waals surface area (Å²) >= 11 is 1.14. The molecule has 3 rings (SSSR count). The lowest BCUT2D eigenvalue weighted by Gasteiger charge is -2.18. The standard InChI is InChI=1S/C20H19N3O5S2/c1-23(30(26,27)19-8-5-13-29-19)16-9-11-17(12-10-16)28-14-18(24)21-22-20(25)15-6-3-2-4-7-15/h2-13H,14H2,1H3,(H,21,24)(H,22,25). The summed E-state index contributed by atoms with van der Waals surface area (Å²) < 4.78 is 31.9. The molecule has 30 heavy (non-hydrogen) atoms. The van der Waals surface area contributed by atoms with Gasteiger partial charge >= 0.3 is 0 Å². The van der Waals surface area contributed by atoms with Gasteiger partial charge in [0, 0.05) is 12.6 Å². The van der Waals surface area contributed by atoms with E-state index < -0.39 is 21.8 Å². The highest BCUT2D eigenvalue weighted by molar-refractivity contribution is 7.94. The van der Waals surface area contributed by atoms with E-state index in [2.05, 4.69) is 10.9 Å². The lowest BCUT2D eigenvalue weighted by Crippen LogP contribution is -2.43. The van der Waals surface area contributed by atoms with Gasteiger partial charge in [-0.3, -0.25) is 24.7 Å². The minimum absolute atomic E-state index is 0.250. The molecule has 2 amide bonds. The van der Waals surface area contributed by atoms with Crippen molar-refractivity contribution < 1.29 is 22.7 Å². The molecule has 0 spiro atoms. The molecule has 0 aliphatic heterocycles. The minimum Gasteiger partial charge on any atom is -0.484 e. The van der Waals surface area contributed by atoms with E-state index in [9.17, 15) is 18.0 Å². The molecule has 0 aliphatic rings. The van der Waals surface area contributed by atoms with Crippen molar-refractivity contribution in [1.29, 1.82) is 0 Å². The monoisotopic (exact) mass is 445 g/mol. The van der Waals surface area contributed by atoms with Crippen LogP contribution >= 0.6 is 11.3 Å². The zero-order valence-electron chi connectivity index (χ0n) is 15.9. The van der Waals surface area contributed by atoms with E-state index in [1.165, 1.54) is 11.4 Å². The molecule has 1 aromatic heterocycles.